The van der Waals surface area contributed by atoms with E-state index in [1.165, 1.54) is 24.3 Å². The zero-order valence-electron chi connectivity index (χ0n) is 15.6. The highest BCUT2D eigenvalue weighted by Crippen LogP contribution is 2.23. The van der Waals surface area contributed by atoms with Crippen molar-refractivity contribution < 1.29 is 22.3 Å². The van der Waals surface area contributed by atoms with Crippen molar-refractivity contribution in [3.05, 3.63) is 84.2 Å². The molecule has 0 saturated heterocycles. The Morgan fingerprint density at radius 2 is 1.62 bits per heavy atom. The molecule has 0 heterocycles. The van der Waals surface area contributed by atoms with Gasteiger partial charge in [0.25, 0.3) is 15.9 Å². The highest BCUT2D eigenvalue weighted by molar-refractivity contribution is 7.92. The number of halogens is 1. The summed E-state index contributed by atoms with van der Waals surface area (Å²) >= 11 is 0. The number of hydrogen-bond donors (Lipinski definition) is 2. The maximum Gasteiger partial charge on any atom is 0.264 e. The lowest BCUT2D eigenvalue weighted by Gasteiger charge is -2.13. The molecule has 0 aliphatic carbocycles. The number of benzene rings is 3. The van der Waals surface area contributed by atoms with Gasteiger partial charge in [-0.1, -0.05) is 24.3 Å². The predicted molar refractivity (Wildman–Crippen MR) is 109 cm³/mol. The second-order valence-electron chi connectivity index (χ2n) is 5.99. The van der Waals surface area contributed by atoms with Gasteiger partial charge in [0.2, 0.25) is 0 Å². The molecule has 1 amide bonds. The van der Waals surface area contributed by atoms with Gasteiger partial charge >= 0.3 is 0 Å². The fraction of sp³-hybridized carbons (Fsp3) is 0.0952. The van der Waals surface area contributed by atoms with Gasteiger partial charge in [-0.15, -0.1) is 0 Å². The molecule has 29 heavy (non-hydrogen) atoms. The summed E-state index contributed by atoms with van der Waals surface area (Å²) < 4.78 is 46.7. The number of anilines is 2. The van der Waals surface area contributed by atoms with Crippen LogP contribution in [0.15, 0.2) is 77.7 Å². The van der Waals surface area contributed by atoms with Crippen molar-refractivity contribution in [1.82, 2.24) is 0 Å². The molecule has 0 aliphatic rings. The molecule has 0 unspecified atom stereocenters. The minimum atomic E-state index is -4.21. The predicted octanol–water partition coefficient (Wildman–Crippen LogP) is 4.28. The van der Waals surface area contributed by atoms with E-state index in [1.54, 1.807) is 36.4 Å². The topological polar surface area (TPSA) is 84.5 Å². The van der Waals surface area contributed by atoms with Crippen molar-refractivity contribution >= 4 is 27.3 Å². The van der Waals surface area contributed by atoms with Crippen LogP contribution < -0.4 is 14.8 Å². The lowest BCUT2D eigenvalue weighted by Crippen LogP contribution is -2.19. The number of carbonyl (C=O) groups is 1. The van der Waals surface area contributed by atoms with Gasteiger partial charge in [0.05, 0.1) is 17.9 Å². The van der Waals surface area contributed by atoms with E-state index in [-0.39, 0.29) is 11.3 Å². The molecular weight excluding hydrogens is 395 g/mol. The van der Waals surface area contributed by atoms with Gasteiger partial charge in [0.15, 0.2) is 0 Å². The van der Waals surface area contributed by atoms with Gasteiger partial charge < -0.3 is 10.1 Å². The molecule has 0 aromatic heterocycles. The van der Waals surface area contributed by atoms with Crippen LogP contribution in [-0.4, -0.2) is 20.9 Å². The summed E-state index contributed by atoms with van der Waals surface area (Å²) in [5.41, 5.74) is 0.658. The van der Waals surface area contributed by atoms with Crippen LogP contribution in [0.25, 0.3) is 0 Å². The Labute approximate surface area is 168 Å². The molecule has 2 N–H and O–H groups in total. The molecule has 0 spiro atoms. The molecule has 0 saturated carbocycles. The standard InChI is InChI=1S/C21H19FN2O4S/c1-2-28-16-13-11-15(12-14-16)23-21(25)17-7-3-5-9-19(17)24-29(26,27)20-10-6-4-8-18(20)22/h3-14,24H,2H2,1H3,(H,23,25). The molecule has 0 bridgehead atoms. The average molecular weight is 414 g/mol. The largest absolute Gasteiger partial charge is 0.494 e. The Balaban J connectivity index is 1.83. The highest BCUT2D eigenvalue weighted by atomic mass is 32.2. The number of ether oxygens (including phenoxy) is 1. The quantitative estimate of drug-likeness (QED) is 0.604. The Bertz CT molecular complexity index is 1120. The molecule has 0 fully saturated rings. The van der Waals surface area contributed by atoms with Crippen LogP contribution in [0.4, 0.5) is 15.8 Å². The van der Waals surface area contributed by atoms with E-state index >= 15 is 0 Å². The third-order valence-electron chi connectivity index (χ3n) is 3.97. The lowest BCUT2D eigenvalue weighted by atomic mass is 10.1. The number of rotatable bonds is 7. The van der Waals surface area contributed by atoms with E-state index in [9.17, 15) is 17.6 Å². The first-order chi connectivity index (χ1) is 13.9. The van der Waals surface area contributed by atoms with Gasteiger partial charge in [-0.25, -0.2) is 12.8 Å². The van der Waals surface area contributed by atoms with Crippen LogP contribution in [0.3, 0.4) is 0 Å². The summed E-state index contributed by atoms with van der Waals surface area (Å²) in [5, 5.41) is 2.70. The molecule has 3 aromatic carbocycles. The Hall–Kier alpha value is -3.39. The Morgan fingerprint density at radius 3 is 2.31 bits per heavy atom. The van der Waals surface area contributed by atoms with E-state index in [0.29, 0.717) is 18.0 Å². The minimum absolute atomic E-state index is 0.0409. The number of amides is 1. The Kier molecular flexibility index (Phi) is 6.13. The molecule has 3 aromatic rings. The van der Waals surface area contributed by atoms with Gasteiger partial charge in [-0.05, 0) is 55.5 Å². The second kappa shape index (κ2) is 8.74. The maximum absolute atomic E-state index is 13.9. The number of nitrogens with one attached hydrogen (secondary N) is 2. The number of carbonyl (C=O) groups excluding carboxylic acids is 1. The number of sulfonamides is 1. The van der Waals surface area contributed by atoms with E-state index in [1.807, 2.05) is 6.92 Å². The summed E-state index contributed by atoms with van der Waals surface area (Å²) in [5.74, 6) is -0.721. The summed E-state index contributed by atoms with van der Waals surface area (Å²) in [6, 6.07) is 17.9. The zero-order valence-corrected chi connectivity index (χ0v) is 16.4. The third-order valence-corrected chi connectivity index (χ3v) is 5.36. The van der Waals surface area contributed by atoms with Gasteiger partial charge in [-0.3, -0.25) is 9.52 Å². The summed E-state index contributed by atoms with van der Waals surface area (Å²) in [4.78, 5) is 12.2. The van der Waals surface area contributed by atoms with Gasteiger partial charge in [0.1, 0.15) is 16.5 Å². The first-order valence-electron chi connectivity index (χ1n) is 8.81. The molecule has 8 heteroatoms. The first kappa shape index (κ1) is 20.3. The van der Waals surface area contributed by atoms with Crippen LogP contribution >= 0.6 is 0 Å². The molecular formula is C21H19FN2O4S. The first-order valence-corrected chi connectivity index (χ1v) is 10.3. The molecule has 6 nitrogen and oxygen atoms in total. The van der Waals surface area contributed by atoms with Crippen LogP contribution in [0, 0.1) is 5.82 Å². The van der Waals surface area contributed by atoms with E-state index in [2.05, 4.69) is 10.0 Å². The number of para-hydroxylation sites is 1. The normalized spacial score (nSPS) is 11.0. The fourth-order valence-electron chi connectivity index (χ4n) is 2.63. The molecule has 0 radical (unpaired) electrons. The number of hydrogen-bond acceptors (Lipinski definition) is 4. The van der Waals surface area contributed by atoms with Crippen molar-refractivity contribution in [3.63, 3.8) is 0 Å². The SMILES string of the molecule is CCOc1ccc(NC(=O)c2ccccc2NS(=O)(=O)c2ccccc2F)cc1. The minimum Gasteiger partial charge on any atom is -0.494 e. The second-order valence-corrected chi connectivity index (χ2v) is 7.64. The Morgan fingerprint density at radius 1 is 0.966 bits per heavy atom. The smallest absolute Gasteiger partial charge is 0.264 e. The fourth-order valence-corrected chi connectivity index (χ4v) is 3.79. The lowest BCUT2D eigenvalue weighted by molar-refractivity contribution is 0.102. The van der Waals surface area contributed by atoms with Crippen molar-refractivity contribution in [3.8, 4) is 5.75 Å². The molecule has 0 atom stereocenters. The van der Waals surface area contributed by atoms with Crippen molar-refractivity contribution in [2.45, 2.75) is 11.8 Å². The summed E-state index contributed by atoms with van der Waals surface area (Å²) in [7, 11) is -4.21. The van der Waals surface area contributed by atoms with Crippen LogP contribution in [-0.2, 0) is 10.0 Å². The highest BCUT2D eigenvalue weighted by Gasteiger charge is 2.21. The third kappa shape index (κ3) is 4.91. The monoisotopic (exact) mass is 414 g/mol. The molecule has 0 aliphatic heterocycles. The summed E-state index contributed by atoms with van der Waals surface area (Å²) in [6.07, 6.45) is 0. The molecule has 3 rings (SSSR count). The maximum atomic E-state index is 13.9. The van der Waals surface area contributed by atoms with Gasteiger partial charge in [-0.2, -0.15) is 0 Å². The van der Waals surface area contributed by atoms with E-state index < -0.39 is 26.6 Å². The van der Waals surface area contributed by atoms with E-state index in [0.717, 1.165) is 12.1 Å². The average Bonchev–Trinajstić information content (AvgIpc) is 2.70. The molecule has 150 valence electrons. The van der Waals surface area contributed by atoms with Crippen LogP contribution in [0.2, 0.25) is 0 Å². The van der Waals surface area contributed by atoms with Crippen LogP contribution in [0.1, 0.15) is 17.3 Å². The van der Waals surface area contributed by atoms with Gasteiger partial charge in [0, 0.05) is 5.69 Å². The summed E-state index contributed by atoms with van der Waals surface area (Å²) in [6.45, 7) is 2.40. The van der Waals surface area contributed by atoms with Crippen LogP contribution in [0.5, 0.6) is 5.75 Å². The van der Waals surface area contributed by atoms with Crippen molar-refractivity contribution in [2.24, 2.45) is 0 Å². The van der Waals surface area contributed by atoms with Crippen molar-refractivity contribution in [2.75, 3.05) is 16.6 Å². The van der Waals surface area contributed by atoms with E-state index in [4.69, 9.17) is 4.74 Å². The zero-order chi connectivity index (χ0) is 20.9. The van der Waals surface area contributed by atoms with Crippen molar-refractivity contribution in [1.29, 1.82) is 0 Å².